The monoisotopic (exact) mass is 583 g/mol. The van der Waals surface area contributed by atoms with Gasteiger partial charge in [-0.05, 0) is 96.2 Å². The molecule has 0 saturated heterocycles. The number of fused-ring (bicyclic) bond motifs is 2. The van der Waals surface area contributed by atoms with Crippen LogP contribution in [0.1, 0.15) is 40.7 Å². The Bertz CT molecular complexity index is 1600. The molecule has 6 rings (SSSR count). The number of nitrogen functional groups attached to an aromatic ring is 2. The molecule has 4 aromatic rings. The van der Waals surface area contributed by atoms with Crippen molar-refractivity contribution in [2.24, 2.45) is 0 Å². The molecule has 2 aromatic carbocycles. The van der Waals surface area contributed by atoms with E-state index < -0.39 is 0 Å². The van der Waals surface area contributed by atoms with Crippen molar-refractivity contribution in [2.75, 3.05) is 25.7 Å². The predicted octanol–water partition coefficient (Wildman–Crippen LogP) is 6.29. The first-order chi connectivity index (χ1) is 18.9. The molecule has 0 unspecified atom stereocenters. The number of nitrogens with two attached hydrogens (primary N) is 2. The van der Waals surface area contributed by atoms with Crippen molar-refractivity contribution in [3.05, 3.63) is 81.1 Å². The quantitative estimate of drug-likeness (QED) is 0.271. The molecule has 4 N–H and O–H groups in total. The van der Waals surface area contributed by atoms with Crippen molar-refractivity contribution in [3.8, 4) is 40.1 Å². The van der Waals surface area contributed by atoms with E-state index in [1.165, 1.54) is 17.5 Å². The zero-order chi connectivity index (χ0) is 27.5. The minimum Gasteiger partial charge on any atom is -0.481 e. The Morgan fingerprint density at radius 1 is 0.744 bits per heavy atom. The lowest BCUT2D eigenvalue weighted by molar-refractivity contribution is 0.398. The molecule has 2 aromatic heterocycles. The second-order valence-electron chi connectivity index (χ2n) is 9.61. The lowest BCUT2D eigenvalue weighted by Crippen LogP contribution is -2.00. The highest BCUT2D eigenvalue weighted by molar-refractivity contribution is 9.10. The number of hydrogen-bond donors (Lipinski definition) is 2. The third-order valence-electron chi connectivity index (χ3n) is 7.47. The highest BCUT2D eigenvalue weighted by Crippen LogP contribution is 2.41. The van der Waals surface area contributed by atoms with Gasteiger partial charge < -0.3 is 20.9 Å². The molecular formula is C31H30BrN5O2. The first-order valence-corrected chi connectivity index (χ1v) is 13.7. The molecule has 0 radical (unpaired) electrons. The van der Waals surface area contributed by atoms with E-state index in [-0.39, 0.29) is 0 Å². The average Bonchev–Trinajstić information content (AvgIpc) is 3.67. The number of rotatable bonds is 4. The molecule has 0 atom stereocenters. The van der Waals surface area contributed by atoms with Crippen molar-refractivity contribution in [3.63, 3.8) is 0 Å². The number of hydrogen-bond acceptors (Lipinski definition) is 7. The van der Waals surface area contributed by atoms with Gasteiger partial charge in [0.2, 0.25) is 11.8 Å². The average molecular weight is 585 g/mol. The van der Waals surface area contributed by atoms with Gasteiger partial charge in [-0.25, -0.2) is 9.97 Å². The van der Waals surface area contributed by atoms with Gasteiger partial charge in [-0.15, -0.1) is 0 Å². The van der Waals surface area contributed by atoms with Gasteiger partial charge in [-0.2, -0.15) is 5.26 Å². The molecular weight excluding hydrogens is 554 g/mol. The van der Waals surface area contributed by atoms with Crippen LogP contribution in [-0.4, -0.2) is 24.2 Å². The molecule has 0 bridgehead atoms. The summed E-state index contributed by atoms with van der Waals surface area (Å²) in [6.07, 6.45) is 9.75. The summed E-state index contributed by atoms with van der Waals surface area (Å²) in [7, 11) is 3.20. The molecule has 2 heterocycles. The van der Waals surface area contributed by atoms with E-state index >= 15 is 0 Å². The summed E-state index contributed by atoms with van der Waals surface area (Å²) in [5.74, 6) is 1.15. The maximum Gasteiger partial charge on any atom is 0.213 e. The normalized spacial score (nSPS) is 13.1. The van der Waals surface area contributed by atoms with Crippen LogP contribution in [0.5, 0.6) is 11.8 Å². The number of halogens is 1. The van der Waals surface area contributed by atoms with E-state index in [0.29, 0.717) is 11.8 Å². The third-order valence-corrected chi connectivity index (χ3v) is 8.18. The van der Waals surface area contributed by atoms with Crippen molar-refractivity contribution < 1.29 is 9.47 Å². The van der Waals surface area contributed by atoms with Gasteiger partial charge in [0.15, 0.2) is 0 Å². The van der Waals surface area contributed by atoms with E-state index in [1.807, 2.05) is 30.3 Å². The summed E-state index contributed by atoms with van der Waals surface area (Å²) in [6, 6.07) is 13.9. The van der Waals surface area contributed by atoms with Crippen LogP contribution in [0.2, 0.25) is 0 Å². The molecule has 2 aliphatic carbocycles. The number of aromatic nitrogens is 2. The molecule has 0 saturated carbocycles. The van der Waals surface area contributed by atoms with E-state index in [0.717, 1.165) is 86.9 Å². The van der Waals surface area contributed by atoms with Crippen LogP contribution in [0.15, 0.2) is 53.3 Å². The number of pyridine rings is 2. The topological polar surface area (TPSA) is 120 Å². The Balaban J connectivity index is 0.000000158. The molecule has 0 fully saturated rings. The standard InChI is InChI=1S/C16H15N3O.C15H15BrN2O/c1-20-15-8-10(5-6-19-15)14-7-11(9-17)12-3-2-4-13(12)16(14)18;1-19-14-7-9(5-6-18-14)12-8-13(16)10-3-2-4-11(10)15(12)17/h5-8H,2-4,18H2,1H3;5-8H,2-4,17H2,1H3. The van der Waals surface area contributed by atoms with Gasteiger partial charge in [-0.3, -0.25) is 0 Å². The minimum absolute atomic E-state index is 0.543. The fourth-order valence-electron chi connectivity index (χ4n) is 5.52. The maximum atomic E-state index is 9.34. The summed E-state index contributed by atoms with van der Waals surface area (Å²) in [5, 5.41) is 9.34. The van der Waals surface area contributed by atoms with Gasteiger partial charge in [0, 0.05) is 51.5 Å². The van der Waals surface area contributed by atoms with Crippen LogP contribution in [-0.2, 0) is 25.7 Å². The van der Waals surface area contributed by atoms with E-state index in [4.69, 9.17) is 20.9 Å². The zero-order valence-electron chi connectivity index (χ0n) is 22.1. The van der Waals surface area contributed by atoms with Crippen LogP contribution >= 0.6 is 15.9 Å². The molecule has 198 valence electrons. The van der Waals surface area contributed by atoms with Gasteiger partial charge in [-0.1, -0.05) is 15.9 Å². The summed E-state index contributed by atoms with van der Waals surface area (Å²) < 4.78 is 11.5. The second-order valence-corrected chi connectivity index (χ2v) is 10.5. The van der Waals surface area contributed by atoms with Crippen LogP contribution in [0, 0.1) is 11.3 Å². The predicted molar refractivity (Wildman–Crippen MR) is 158 cm³/mol. The summed E-state index contributed by atoms with van der Waals surface area (Å²) in [4.78, 5) is 8.23. The number of nitrogens with zero attached hydrogens (tertiary/aromatic N) is 3. The van der Waals surface area contributed by atoms with Gasteiger partial charge in [0.1, 0.15) is 0 Å². The SMILES string of the molecule is COc1cc(-c2cc(Br)c3c(c2N)CCC3)ccn1.COc1cc(-c2cc(C#N)c3c(c2N)CCC3)ccn1. The molecule has 39 heavy (non-hydrogen) atoms. The lowest BCUT2D eigenvalue weighted by Gasteiger charge is -2.13. The van der Waals surface area contributed by atoms with Crippen molar-refractivity contribution >= 4 is 27.3 Å². The fourth-order valence-corrected chi connectivity index (χ4v) is 6.19. The molecule has 2 aliphatic rings. The number of anilines is 2. The van der Waals surface area contributed by atoms with E-state index in [2.05, 4.69) is 38.0 Å². The van der Waals surface area contributed by atoms with Crippen LogP contribution in [0.4, 0.5) is 11.4 Å². The van der Waals surface area contributed by atoms with E-state index in [1.54, 1.807) is 26.6 Å². The highest BCUT2D eigenvalue weighted by atomic mass is 79.9. The van der Waals surface area contributed by atoms with E-state index in [9.17, 15) is 5.26 Å². The summed E-state index contributed by atoms with van der Waals surface area (Å²) >= 11 is 3.66. The van der Waals surface area contributed by atoms with Crippen molar-refractivity contribution in [1.82, 2.24) is 9.97 Å². The van der Waals surface area contributed by atoms with Crippen LogP contribution < -0.4 is 20.9 Å². The number of ether oxygens (including phenoxy) is 2. The molecule has 0 spiro atoms. The minimum atomic E-state index is 0.543. The van der Waals surface area contributed by atoms with Gasteiger partial charge >= 0.3 is 0 Å². The first kappa shape index (κ1) is 26.5. The van der Waals surface area contributed by atoms with Gasteiger partial charge in [0.25, 0.3) is 0 Å². The third kappa shape index (κ3) is 5.15. The number of benzene rings is 2. The Morgan fingerprint density at radius 3 is 1.77 bits per heavy atom. The summed E-state index contributed by atoms with van der Waals surface area (Å²) in [6.45, 7) is 0. The first-order valence-electron chi connectivity index (χ1n) is 12.9. The zero-order valence-corrected chi connectivity index (χ0v) is 23.6. The van der Waals surface area contributed by atoms with Crippen molar-refractivity contribution in [1.29, 1.82) is 5.26 Å². The van der Waals surface area contributed by atoms with Gasteiger partial charge in [0.05, 0.1) is 25.9 Å². The molecule has 0 amide bonds. The highest BCUT2D eigenvalue weighted by Gasteiger charge is 2.22. The largest absolute Gasteiger partial charge is 0.481 e. The number of methoxy groups -OCH3 is 2. The van der Waals surface area contributed by atoms with Crippen LogP contribution in [0.25, 0.3) is 22.3 Å². The Morgan fingerprint density at radius 2 is 1.23 bits per heavy atom. The van der Waals surface area contributed by atoms with Crippen molar-refractivity contribution in [2.45, 2.75) is 38.5 Å². The lowest BCUT2D eigenvalue weighted by atomic mass is 9.94. The second kappa shape index (κ2) is 11.3. The molecule has 8 heteroatoms. The maximum absolute atomic E-state index is 9.34. The molecule has 7 nitrogen and oxygen atoms in total. The molecule has 0 aliphatic heterocycles. The Hall–Kier alpha value is -4.09. The fraction of sp³-hybridized carbons (Fsp3) is 0.258. The van der Waals surface area contributed by atoms with Crippen LogP contribution in [0.3, 0.4) is 0 Å². The smallest absolute Gasteiger partial charge is 0.213 e. The Labute approximate surface area is 236 Å². The summed E-state index contributed by atoms with van der Waals surface area (Å²) in [5.41, 5.74) is 23.9. The number of nitriles is 1. The Kier molecular flexibility index (Phi) is 7.71.